The third-order valence-corrected chi connectivity index (χ3v) is 2.77. The van der Waals surface area contributed by atoms with Crippen LogP contribution in [-0.2, 0) is 0 Å². The lowest BCUT2D eigenvalue weighted by atomic mass is 10.1. The molecule has 4 heteroatoms. The molecule has 0 N–H and O–H groups in total. The van der Waals surface area contributed by atoms with Crippen molar-refractivity contribution in [2.75, 3.05) is 18.0 Å². The van der Waals surface area contributed by atoms with Gasteiger partial charge in [0.2, 0.25) is 0 Å². The van der Waals surface area contributed by atoms with E-state index in [1.165, 1.54) is 0 Å². The van der Waals surface area contributed by atoms with E-state index in [-0.39, 0.29) is 13.0 Å². The van der Waals surface area contributed by atoms with Gasteiger partial charge in [-0.3, -0.25) is 0 Å². The van der Waals surface area contributed by atoms with Crippen molar-refractivity contribution >= 4 is 5.69 Å². The standard InChI is InChI=1S/C11H12F3N/c12-11(13,14)9-6-7-15(8-9)10-4-2-1-3-5-10/h1-5,9H,6-8H2. The first-order valence-corrected chi connectivity index (χ1v) is 4.94. The summed E-state index contributed by atoms with van der Waals surface area (Å²) >= 11 is 0. The monoisotopic (exact) mass is 215 g/mol. The molecule has 1 aromatic rings. The van der Waals surface area contributed by atoms with Crippen LogP contribution in [0.3, 0.4) is 0 Å². The van der Waals surface area contributed by atoms with Gasteiger partial charge in [0, 0.05) is 18.8 Å². The van der Waals surface area contributed by atoms with E-state index < -0.39 is 12.1 Å². The van der Waals surface area contributed by atoms with Gasteiger partial charge in [0.15, 0.2) is 0 Å². The highest BCUT2D eigenvalue weighted by Gasteiger charge is 2.43. The molecule has 82 valence electrons. The molecule has 2 rings (SSSR count). The van der Waals surface area contributed by atoms with E-state index in [2.05, 4.69) is 0 Å². The number of benzene rings is 1. The smallest absolute Gasteiger partial charge is 0.371 e. The highest BCUT2D eigenvalue weighted by molar-refractivity contribution is 5.46. The Kier molecular flexibility index (Phi) is 2.59. The Morgan fingerprint density at radius 3 is 2.33 bits per heavy atom. The van der Waals surface area contributed by atoms with Crippen LogP contribution in [0.5, 0.6) is 0 Å². The van der Waals surface area contributed by atoms with Crippen molar-refractivity contribution in [2.45, 2.75) is 12.6 Å². The zero-order valence-electron chi connectivity index (χ0n) is 8.17. The van der Waals surface area contributed by atoms with E-state index >= 15 is 0 Å². The molecule has 15 heavy (non-hydrogen) atoms. The molecule has 1 saturated heterocycles. The number of hydrogen-bond acceptors (Lipinski definition) is 1. The largest absolute Gasteiger partial charge is 0.393 e. The molecule has 1 atom stereocenters. The SMILES string of the molecule is FC(F)(F)C1CCN(c2ccccc2)C1. The van der Waals surface area contributed by atoms with Crippen molar-refractivity contribution in [3.05, 3.63) is 30.3 Å². The number of anilines is 1. The number of rotatable bonds is 1. The van der Waals surface area contributed by atoms with Gasteiger partial charge in [-0.25, -0.2) is 0 Å². The molecule has 0 amide bonds. The summed E-state index contributed by atoms with van der Waals surface area (Å²) in [6, 6.07) is 9.24. The van der Waals surface area contributed by atoms with Crippen molar-refractivity contribution in [1.29, 1.82) is 0 Å². The second-order valence-corrected chi connectivity index (χ2v) is 3.81. The summed E-state index contributed by atoms with van der Waals surface area (Å²) in [7, 11) is 0. The Hall–Kier alpha value is -1.19. The molecule has 0 aliphatic carbocycles. The van der Waals surface area contributed by atoms with E-state index in [0.29, 0.717) is 6.54 Å². The van der Waals surface area contributed by atoms with Gasteiger partial charge in [0.25, 0.3) is 0 Å². The molecule has 1 heterocycles. The molecule has 1 nitrogen and oxygen atoms in total. The zero-order chi connectivity index (χ0) is 10.9. The molecule has 1 fully saturated rings. The zero-order valence-corrected chi connectivity index (χ0v) is 8.17. The molecule has 0 spiro atoms. The van der Waals surface area contributed by atoms with Gasteiger partial charge in [-0.15, -0.1) is 0 Å². The minimum Gasteiger partial charge on any atom is -0.371 e. The number of nitrogens with zero attached hydrogens (tertiary/aromatic N) is 1. The summed E-state index contributed by atoms with van der Waals surface area (Å²) in [5.41, 5.74) is 0.879. The number of alkyl halides is 3. The molecule has 0 saturated carbocycles. The molecular weight excluding hydrogens is 203 g/mol. The Bertz CT molecular complexity index is 320. The quantitative estimate of drug-likeness (QED) is 0.695. The van der Waals surface area contributed by atoms with Crippen molar-refractivity contribution in [2.24, 2.45) is 5.92 Å². The van der Waals surface area contributed by atoms with Gasteiger partial charge in [-0.2, -0.15) is 13.2 Å². The van der Waals surface area contributed by atoms with Crippen LogP contribution in [0.1, 0.15) is 6.42 Å². The normalized spacial score (nSPS) is 22.1. The van der Waals surface area contributed by atoms with E-state index in [0.717, 1.165) is 5.69 Å². The fraction of sp³-hybridized carbons (Fsp3) is 0.455. The predicted molar refractivity (Wildman–Crippen MR) is 52.8 cm³/mol. The van der Waals surface area contributed by atoms with Gasteiger partial charge in [-0.1, -0.05) is 18.2 Å². The van der Waals surface area contributed by atoms with E-state index in [1.54, 1.807) is 4.90 Å². The lowest BCUT2D eigenvalue weighted by molar-refractivity contribution is -0.168. The highest BCUT2D eigenvalue weighted by Crippen LogP contribution is 2.35. The third-order valence-electron chi connectivity index (χ3n) is 2.77. The Morgan fingerprint density at radius 2 is 1.80 bits per heavy atom. The van der Waals surface area contributed by atoms with Crippen molar-refractivity contribution in [3.8, 4) is 0 Å². The molecular formula is C11H12F3N. The molecule has 0 bridgehead atoms. The van der Waals surface area contributed by atoms with Crippen molar-refractivity contribution in [1.82, 2.24) is 0 Å². The maximum absolute atomic E-state index is 12.4. The summed E-state index contributed by atoms with van der Waals surface area (Å²) in [4.78, 5) is 1.79. The van der Waals surface area contributed by atoms with Crippen LogP contribution < -0.4 is 4.90 Å². The number of hydrogen-bond donors (Lipinski definition) is 0. The summed E-state index contributed by atoms with van der Waals surface area (Å²) in [5.74, 6) is -1.17. The summed E-state index contributed by atoms with van der Waals surface area (Å²) in [5, 5.41) is 0. The average Bonchev–Trinajstić information content (AvgIpc) is 2.67. The number of para-hydroxylation sites is 1. The first-order chi connectivity index (χ1) is 7.07. The van der Waals surface area contributed by atoms with E-state index in [1.807, 2.05) is 30.3 Å². The Balaban J connectivity index is 2.05. The molecule has 0 radical (unpaired) electrons. The van der Waals surface area contributed by atoms with Crippen LogP contribution in [0.4, 0.5) is 18.9 Å². The summed E-state index contributed by atoms with van der Waals surface area (Å²) in [6.07, 6.45) is -3.85. The Morgan fingerprint density at radius 1 is 1.13 bits per heavy atom. The lowest BCUT2D eigenvalue weighted by Crippen LogP contribution is -2.27. The van der Waals surface area contributed by atoms with Crippen LogP contribution in [0.15, 0.2) is 30.3 Å². The third kappa shape index (κ3) is 2.25. The van der Waals surface area contributed by atoms with Gasteiger partial charge >= 0.3 is 6.18 Å². The summed E-state index contributed by atoms with van der Waals surface area (Å²) in [6.45, 7) is 0.585. The predicted octanol–water partition coefficient (Wildman–Crippen LogP) is 3.08. The number of halogens is 3. The molecule has 0 aromatic heterocycles. The van der Waals surface area contributed by atoms with Gasteiger partial charge in [0.05, 0.1) is 5.92 Å². The minimum absolute atomic E-state index is 0.0908. The second-order valence-electron chi connectivity index (χ2n) is 3.81. The van der Waals surface area contributed by atoms with Crippen LogP contribution >= 0.6 is 0 Å². The minimum atomic E-state index is -4.05. The first kappa shape index (κ1) is 10.3. The maximum Gasteiger partial charge on any atom is 0.393 e. The van der Waals surface area contributed by atoms with E-state index in [9.17, 15) is 13.2 Å². The average molecular weight is 215 g/mol. The Labute approximate surface area is 86.5 Å². The van der Waals surface area contributed by atoms with Crippen LogP contribution in [-0.4, -0.2) is 19.3 Å². The van der Waals surface area contributed by atoms with Crippen molar-refractivity contribution < 1.29 is 13.2 Å². The topological polar surface area (TPSA) is 3.24 Å². The maximum atomic E-state index is 12.4. The molecule has 1 aliphatic rings. The lowest BCUT2D eigenvalue weighted by Gasteiger charge is -2.19. The molecule has 1 aliphatic heterocycles. The molecule has 1 aromatic carbocycles. The van der Waals surface area contributed by atoms with Gasteiger partial charge in [0.1, 0.15) is 0 Å². The fourth-order valence-electron chi connectivity index (χ4n) is 1.90. The van der Waals surface area contributed by atoms with Gasteiger partial charge in [-0.05, 0) is 18.6 Å². The highest BCUT2D eigenvalue weighted by atomic mass is 19.4. The van der Waals surface area contributed by atoms with Crippen LogP contribution in [0.25, 0.3) is 0 Å². The molecule has 1 unspecified atom stereocenters. The van der Waals surface area contributed by atoms with Gasteiger partial charge < -0.3 is 4.90 Å². The first-order valence-electron chi connectivity index (χ1n) is 4.94. The summed E-state index contributed by atoms with van der Waals surface area (Å²) < 4.78 is 37.3. The van der Waals surface area contributed by atoms with Crippen LogP contribution in [0, 0.1) is 5.92 Å². The van der Waals surface area contributed by atoms with Crippen molar-refractivity contribution in [3.63, 3.8) is 0 Å². The van der Waals surface area contributed by atoms with E-state index in [4.69, 9.17) is 0 Å². The fourth-order valence-corrected chi connectivity index (χ4v) is 1.90. The van der Waals surface area contributed by atoms with Crippen LogP contribution in [0.2, 0.25) is 0 Å². The second kappa shape index (κ2) is 3.76.